The molecule has 2 unspecified atom stereocenters. The van der Waals surface area contributed by atoms with E-state index >= 15 is 0 Å². The summed E-state index contributed by atoms with van der Waals surface area (Å²) in [6, 6.07) is 5.72. The molecule has 33 heavy (non-hydrogen) atoms. The average molecular weight is 457 g/mol. The largest absolute Gasteiger partial charge is 0.395 e. The zero-order valence-electron chi connectivity index (χ0n) is 19.5. The van der Waals surface area contributed by atoms with E-state index in [1.54, 1.807) is 0 Å². The van der Waals surface area contributed by atoms with E-state index in [0.717, 1.165) is 36.2 Å². The molecule has 4 rings (SSSR count). The highest BCUT2D eigenvalue weighted by Crippen LogP contribution is 2.37. The van der Waals surface area contributed by atoms with Gasteiger partial charge in [-0.25, -0.2) is 4.99 Å². The molecule has 0 bridgehead atoms. The molecule has 1 aliphatic carbocycles. The molecule has 0 spiro atoms. The topological polar surface area (TPSA) is 105 Å². The second-order valence-corrected chi connectivity index (χ2v) is 9.58. The summed E-state index contributed by atoms with van der Waals surface area (Å²) >= 11 is 0. The van der Waals surface area contributed by atoms with Crippen LogP contribution in [0.25, 0.3) is 0 Å². The van der Waals surface area contributed by atoms with Crippen LogP contribution in [0.4, 0.5) is 5.69 Å². The second-order valence-electron chi connectivity index (χ2n) is 9.58. The Kier molecular flexibility index (Phi) is 7.65. The number of carbonyl (C=O) groups is 2. The number of guanidine groups is 1. The van der Waals surface area contributed by atoms with E-state index in [-0.39, 0.29) is 24.5 Å². The van der Waals surface area contributed by atoms with Gasteiger partial charge in [-0.15, -0.1) is 0 Å². The Labute approximate surface area is 195 Å². The summed E-state index contributed by atoms with van der Waals surface area (Å²) in [6.45, 7) is 3.43. The summed E-state index contributed by atoms with van der Waals surface area (Å²) in [7, 11) is 0. The van der Waals surface area contributed by atoms with Gasteiger partial charge < -0.3 is 20.0 Å². The molecular formula is C25H36N4O4. The van der Waals surface area contributed by atoms with E-state index in [1.807, 2.05) is 34.9 Å². The fourth-order valence-electron chi connectivity index (χ4n) is 5.27. The Balaban J connectivity index is 1.31. The molecule has 2 aliphatic heterocycles. The molecule has 2 amide bonds. The number of rotatable bonds is 9. The first-order valence-electron chi connectivity index (χ1n) is 12.3. The molecule has 3 N–H and O–H groups in total. The van der Waals surface area contributed by atoms with Gasteiger partial charge in [0.25, 0.3) is 0 Å². The number of hydrogen-bond donors (Lipinski definition) is 3. The molecule has 1 aromatic rings. The molecule has 0 radical (unpaired) electrons. The molecule has 2 fully saturated rings. The van der Waals surface area contributed by atoms with Crippen molar-refractivity contribution in [1.29, 1.82) is 0 Å². The molecule has 1 aromatic carbocycles. The lowest BCUT2D eigenvalue weighted by molar-refractivity contribution is -0.132. The van der Waals surface area contributed by atoms with Gasteiger partial charge in [-0.1, -0.05) is 25.3 Å². The molecular weight excluding hydrogens is 420 g/mol. The third kappa shape index (κ3) is 5.55. The maximum Gasteiger partial charge on any atom is 0.246 e. The van der Waals surface area contributed by atoms with Gasteiger partial charge >= 0.3 is 0 Å². The van der Waals surface area contributed by atoms with Crippen molar-refractivity contribution in [3.8, 4) is 0 Å². The van der Waals surface area contributed by atoms with Crippen LogP contribution in [-0.4, -0.2) is 64.0 Å². The van der Waals surface area contributed by atoms with Gasteiger partial charge in [0.2, 0.25) is 17.8 Å². The molecule has 0 aromatic heterocycles. The highest BCUT2D eigenvalue weighted by Gasteiger charge is 2.34. The lowest BCUT2D eigenvalue weighted by Gasteiger charge is -2.30. The number of nitrogens with zero attached hydrogens (tertiary/aromatic N) is 3. The Morgan fingerprint density at radius 3 is 2.85 bits per heavy atom. The van der Waals surface area contributed by atoms with Gasteiger partial charge in [0.05, 0.1) is 24.4 Å². The maximum absolute atomic E-state index is 12.8. The number of aliphatic hydroxyl groups excluding tert-OH is 2. The zero-order valence-corrected chi connectivity index (χ0v) is 19.5. The summed E-state index contributed by atoms with van der Waals surface area (Å²) in [5.74, 6) is 1.14. The van der Waals surface area contributed by atoms with Crippen LogP contribution in [0, 0.1) is 5.92 Å². The summed E-state index contributed by atoms with van der Waals surface area (Å²) < 4.78 is 0. The van der Waals surface area contributed by atoms with Crippen LogP contribution in [0.2, 0.25) is 0 Å². The number of amides is 2. The first-order valence-corrected chi connectivity index (χ1v) is 12.3. The molecule has 1 saturated heterocycles. The van der Waals surface area contributed by atoms with Crippen molar-refractivity contribution >= 4 is 23.5 Å². The van der Waals surface area contributed by atoms with Crippen LogP contribution in [-0.2, 0) is 9.59 Å². The van der Waals surface area contributed by atoms with Gasteiger partial charge in [0, 0.05) is 25.1 Å². The van der Waals surface area contributed by atoms with E-state index < -0.39 is 6.10 Å². The molecule has 8 heteroatoms. The predicted molar refractivity (Wildman–Crippen MR) is 126 cm³/mol. The standard InChI is InChI=1S/C25H36N4O4/c1-17-20-14-19(10-11-21(20)26-25-27-23(32)16-29(17)25)22(31)8-5-9-24(33)28(12-13-30)15-18-6-3-2-4-7-18/h10-11,14,17-18,22,30-31H,2-9,12-13,15-16H2,1H3,(H,26,27,32). The van der Waals surface area contributed by atoms with E-state index in [4.69, 9.17) is 0 Å². The van der Waals surface area contributed by atoms with E-state index in [1.165, 1.54) is 19.3 Å². The normalized spacial score (nSPS) is 21.2. The average Bonchev–Trinajstić information content (AvgIpc) is 3.19. The Morgan fingerprint density at radius 1 is 1.30 bits per heavy atom. The number of aliphatic imine (C=N–C) groups is 1. The molecule has 2 heterocycles. The highest BCUT2D eigenvalue weighted by molar-refractivity contribution is 6.06. The lowest BCUT2D eigenvalue weighted by Crippen LogP contribution is -2.38. The summed E-state index contributed by atoms with van der Waals surface area (Å²) in [4.78, 5) is 32.8. The summed E-state index contributed by atoms with van der Waals surface area (Å²) in [5, 5.41) is 23.0. The van der Waals surface area contributed by atoms with Gasteiger partial charge in [0.1, 0.15) is 6.54 Å². The quantitative estimate of drug-likeness (QED) is 0.530. The fraction of sp³-hybridized carbons (Fsp3) is 0.640. The van der Waals surface area contributed by atoms with E-state index in [0.29, 0.717) is 44.2 Å². The van der Waals surface area contributed by atoms with Crippen LogP contribution in [0.5, 0.6) is 0 Å². The first kappa shape index (κ1) is 23.7. The monoisotopic (exact) mass is 456 g/mol. The number of nitrogens with one attached hydrogen (secondary N) is 1. The lowest BCUT2D eigenvalue weighted by atomic mass is 9.89. The van der Waals surface area contributed by atoms with E-state index in [9.17, 15) is 19.8 Å². The van der Waals surface area contributed by atoms with Crippen LogP contribution in [0.15, 0.2) is 23.2 Å². The Bertz CT molecular complexity index is 896. The van der Waals surface area contributed by atoms with Crippen LogP contribution >= 0.6 is 0 Å². The smallest absolute Gasteiger partial charge is 0.246 e. The number of carbonyl (C=O) groups excluding carboxylic acids is 2. The van der Waals surface area contributed by atoms with Crippen LogP contribution in [0.3, 0.4) is 0 Å². The van der Waals surface area contributed by atoms with Crippen molar-refractivity contribution in [2.75, 3.05) is 26.2 Å². The van der Waals surface area contributed by atoms with Crippen molar-refractivity contribution in [3.05, 3.63) is 29.3 Å². The van der Waals surface area contributed by atoms with Crippen molar-refractivity contribution < 1.29 is 19.8 Å². The van der Waals surface area contributed by atoms with E-state index in [2.05, 4.69) is 10.3 Å². The third-order valence-electron chi connectivity index (χ3n) is 7.21. The van der Waals surface area contributed by atoms with Crippen LogP contribution < -0.4 is 5.32 Å². The molecule has 1 saturated carbocycles. The Hall–Kier alpha value is -2.45. The minimum Gasteiger partial charge on any atom is -0.395 e. The molecule has 180 valence electrons. The van der Waals surface area contributed by atoms with Gasteiger partial charge in [0.15, 0.2) is 0 Å². The van der Waals surface area contributed by atoms with Crippen molar-refractivity contribution in [3.63, 3.8) is 0 Å². The SMILES string of the molecule is CC1c2cc(C(O)CCCC(=O)N(CCO)CC3CCCCC3)ccc2N=C2NC(=O)CN21. The number of fused-ring (bicyclic) bond motifs is 2. The molecule has 2 atom stereocenters. The van der Waals surface area contributed by atoms with Gasteiger partial charge in [-0.3, -0.25) is 14.9 Å². The number of aliphatic hydroxyl groups is 2. The first-order chi connectivity index (χ1) is 16.0. The van der Waals surface area contributed by atoms with Crippen molar-refractivity contribution in [2.45, 2.75) is 70.4 Å². The van der Waals surface area contributed by atoms with Gasteiger partial charge in [-0.05, 0) is 56.2 Å². The fourth-order valence-corrected chi connectivity index (χ4v) is 5.27. The van der Waals surface area contributed by atoms with Gasteiger partial charge in [-0.2, -0.15) is 0 Å². The second kappa shape index (κ2) is 10.7. The molecule has 8 nitrogen and oxygen atoms in total. The van der Waals surface area contributed by atoms with Crippen molar-refractivity contribution in [1.82, 2.24) is 15.1 Å². The third-order valence-corrected chi connectivity index (χ3v) is 7.21. The highest BCUT2D eigenvalue weighted by atomic mass is 16.3. The minimum absolute atomic E-state index is 0.00740. The molecule has 3 aliphatic rings. The van der Waals surface area contributed by atoms with Crippen LogP contribution in [0.1, 0.15) is 81.6 Å². The maximum atomic E-state index is 12.8. The Morgan fingerprint density at radius 2 is 2.09 bits per heavy atom. The minimum atomic E-state index is -0.663. The zero-order chi connectivity index (χ0) is 23.4. The summed E-state index contributed by atoms with van der Waals surface area (Å²) in [5.41, 5.74) is 2.61. The number of benzene rings is 1. The predicted octanol–water partition coefficient (Wildman–Crippen LogP) is 2.79. The number of hydrogen-bond acceptors (Lipinski definition) is 6. The van der Waals surface area contributed by atoms with Crippen molar-refractivity contribution in [2.24, 2.45) is 10.9 Å². The summed E-state index contributed by atoms with van der Waals surface area (Å²) in [6.07, 6.45) is 6.87.